The maximum atomic E-state index is 10.8. The Hall–Kier alpha value is -1.85. The fraction of sp³-hybridized carbons (Fsp3) is 0.0667. The molecule has 0 saturated carbocycles. The van der Waals surface area contributed by atoms with Gasteiger partial charge in [0.2, 0.25) is 0 Å². The molecular formula is C15H11NO2S2. The second-order valence-electron chi connectivity index (χ2n) is 4.19. The minimum Gasteiger partial charge on any atom is -0.478 e. The van der Waals surface area contributed by atoms with Crippen LogP contribution in [0.1, 0.15) is 15.4 Å². The number of nitrogens with zero attached hydrogens (tertiary/aromatic N) is 1. The molecule has 0 spiro atoms. The Labute approximate surface area is 124 Å². The number of rotatable bonds is 4. The van der Waals surface area contributed by atoms with E-state index in [0.29, 0.717) is 5.56 Å². The summed E-state index contributed by atoms with van der Waals surface area (Å²) in [5, 5.41) is 9.93. The van der Waals surface area contributed by atoms with E-state index in [1.54, 1.807) is 35.2 Å². The first-order valence-corrected chi connectivity index (χ1v) is 7.83. The fourth-order valence-corrected chi connectivity index (χ4v) is 3.68. The van der Waals surface area contributed by atoms with Crippen molar-refractivity contribution in [2.45, 2.75) is 10.6 Å². The molecule has 0 amide bonds. The van der Waals surface area contributed by atoms with Crippen molar-refractivity contribution in [3.8, 4) is 0 Å². The first-order valence-electron chi connectivity index (χ1n) is 6.03. The molecule has 0 aliphatic rings. The molecule has 0 unspecified atom stereocenters. The largest absolute Gasteiger partial charge is 0.478 e. The number of hydrogen-bond donors (Lipinski definition) is 1. The second kappa shape index (κ2) is 5.64. The van der Waals surface area contributed by atoms with E-state index in [9.17, 15) is 4.79 Å². The van der Waals surface area contributed by atoms with E-state index < -0.39 is 5.97 Å². The molecule has 1 aromatic heterocycles. The van der Waals surface area contributed by atoms with Gasteiger partial charge < -0.3 is 5.11 Å². The molecule has 5 heteroatoms. The lowest BCUT2D eigenvalue weighted by Gasteiger charge is -1.99. The minimum atomic E-state index is -0.896. The van der Waals surface area contributed by atoms with Gasteiger partial charge in [-0.25, -0.2) is 9.78 Å². The van der Waals surface area contributed by atoms with Gasteiger partial charge in [-0.2, -0.15) is 0 Å². The highest BCUT2D eigenvalue weighted by Crippen LogP contribution is 2.28. The summed E-state index contributed by atoms with van der Waals surface area (Å²) in [5.41, 5.74) is 1.35. The summed E-state index contributed by atoms with van der Waals surface area (Å²) in [6.45, 7) is 0. The van der Waals surface area contributed by atoms with E-state index in [2.05, 4.69) is 11.1 Å². The van der Waals surface area contributed by atoms with Crippen molar-refractivity contribution in [2.75, 3.05) is 0 Å². The van der Waals surface area contributed by atoms with Crippen molar-refractivity contribution in [1.82, 2.24) is 4.98 Å². The van der Waals surface area contributed by atoms with Gasteiger partial charge in [0, 0.05) is 4.90 Å². The van der Waals surface area contributed by atoms with Crippen LogP contribution in [0.25, 0.3) is 10.2 Å². The van der Waals surface area contributed by atoms with Crippen molar-refractivity contribution in [2.24, 2.45) is 0 Å². The number of carbonyl (C=O) groups is 1. The third-order valence-electron chi connectivity index (χ3n) is 2.80. The standard InChI is InChI=1S/C15H11NO2S2/c17-15(18)10-5-7-11(8-6-10)19-9-14-16-12-3-1-2-4-13(12)20-14/h1-8H,9H2,(H,17,18). The van der Waals surface area contributed by atoms with Crippen molar-refractivity contribution in [3.63, 3.8) is 0 Å². The second-order valence-corrected chi connectivity index (χ2v) is 6.36. The number of carboxylic acids is 1. The molecule has 3 rings (SSSR count). The van der Waals surface area contributed by atoms with Crippen LogP contribution in [0, 0.1) is 0 Å². The van der Waals surface area contributed by atoms with Gasteiger partial charge in [-0.05, 0) is 36.4 Å². The minimum absolute atomic E-state index is 0.314. The van der Waals surface area contributed by atoms with E-state index in [4.69, 9.17) is 5.11 Å². The van der Waals surface area contributed by atoms with E-state index in [0.717, 1.165) is 21.2 Å². The lowest BCUT2D eigenvalue weighted by atomic mass is 10.2. The van der Waals surface area contributed by atoms with Gasteiger partial charge in [0.25, 0.3) is 0 Å². The summed E-state index contributed by atoms with van der Waals surface area (Å²) in [6, 6.07) is 15.0. The highest BCUT2D eigenvalue weighted by molar-refractivity contribution is 7.98. The fourth-order valence-electron chi connectivity index (χ4n) is 1.82. The molecule has 100 valence electrons. The van der Waals surface area contributed by atoms with Crippen molar-refractivity contribution < 1.29 is 9.90 Å². The molecular weight excluding hydrogens is 290 g/mol. The van der Waals surface area contributed by atoms with Gasteiger partial charge in [-0.3, -0.25) is 0 Å². The quantitative estimate of drug-likeness (QED) is 0.730. The molecule has 3 nitrogen and oxygen atoms in total. The molecule has 2 aromatic carbocycles. The average molecular weight is 301 g/mol. The number of hydrogen-bond acceptors (Lipinski definition) is 4. The van der Waals surface area contributed by atoms with Crippen LogP contribution in [-0.4, -0.2) is 16.1 Å². The number of fused-ring (bicyclic) bond motifs is 1. The number of para-hydroxylation sites is 1. The molecule has 3 aromatic rings. The Morgan fingerprint density at radius 3 is 2.60 bits per heavy atom. The molecule has 0 radical (unpaired) electrons. The summed E-state index contributed by atoms with van der Waals surface area (Å²) < 4.78 is 1.20. The lowest BCUT2D eigenvalue weighted by Crippen LogP contribution is -1.94. The van der Waals surface area contributed by atoms with Crippen LogP contribution in [-0.2, 0) is 5.75 Å². The van der Waals surface area contributed by atoms with Crippen molar-refractivity contribution in [1.29, 1.82) is 0 Å². The molecule has 1 N–H and O–H groups in total. The zero-order chi connectivity index (χ0) is 13.9. The number of carboxylic acid groups (broad SMARTS) is 1. The monoisotopic (exact) mass is 301 g/mol. The molecule has 0 saturated heterocycles. The Morgan fingerprint density at radius 2 is 1.90 bits per heavy atom. The predicted octanol–water partition coefficient (Wildman–Crippen LogP) is 4.29. The van der Waals surface area contributed by atoms with E-state index >= 15 is 0 Å². The maximum absolute atomic E-state index is 10.8. The number of thiazole rings is 1. The van der Waals surface area contributed by atoms with Gasteiger partial charge in [-0.1, -0.05) is 12.1 Å². The maximum Gasteiger partial charge on any atom is 0.335 e. The zero-order valence-electron chi connectivity index (χ0n) is 10.4. The van der Waals surface area contributed by atoms with Gasteiger partial charge in [0.1, 0.15) is 5.01 Å². The van der Waals surface area contributed by atoms with Crippen LogP contribution < -0.4 is 0 Å². The van der Waals surface area contributed by atoms with Crippen LogP contribution in [0.4, 0.5) is 0 Å². The molecule has 1 heterocycles. The van der Waals surface area contributed by atoms with Crippen LogP contribution in [0.2, 0.25) is 0 Å². The van der Waals surface area contributed by atoms with Crippen LogP contribution >= 0.6 is 23.1 Å². The van der Waals surface area contributed by atoms with Gasteiger partial charge in [0.05, 0.1) is 21.5 Å². The number of benzene rings is 2. The summed E-state index contributed by atoms with van der Waals surface area (Å²) in [6.07, 6.45) is 0. The number of thioether (sulfide) groups is 1. The zero-order valence-corrected chi connectivity index (χ0v) is 12.1. The van der Waals surface area contributed by atoms with E-state index in [1.165, 1.54) is 4.70 Å². The number of aromatic carboxylic acids is 1. The lowest BCUT2D eigenvalue weighted by molar-refractivity contribution is 0.0697. The first-order chi connectivity index (χ1) is 9.72. The topological polar surface area (TPSA) is 50.2 Å². The Bertz CT molecular complexity index is 717. The summed E-state index contributed by atoms with van der Waals surface area (Å²) >= 11 is 3.36. The van der Waals surface area contributed by atoms with Crippen molar-refractivity contribution >= 4 is 39.3 Å². The smallest absolute Gasteiger partial charge is 0.335 e. The van der Waals surface area contributed by atoms with Crippen LogP contribution in [0.5, 0.6) is 0 Å². The normalized spacial score (nSPS) is 10.8. The average Bonchev–Trinajstić information content (AvgIpc) is 2.88. The predicted molar refractivity (Wildman–Crippen MR) is 82.6 cm³/mol. The SMILES string of the molecule is O=C(O)c1ccc(SCc2nc3ccccc3s2)cc1. The first kappa shape index (κ1) is 13.1. The third kappa shape index (κ3) is 2.84. The summed E-state index contributed by atoms with van der Waals surface area (Å²) in [4.78, 5) is 16.4. The van der Waals surface area contributed by atoms with Crippen LogP contribution in [0.3, 0.4) is 0 Å². The molecule has 0 bridgehead atoms. The molecule has 0 atom stereocenters. The highest BCUT2D eigenvalue weighted by Gasteiger charge is 2.05. The Morgan fingerprint density at radius 1 is 1.15 bits per heavy atom. The Balaban J connectivity index is 1.71. The molecule has 0 aliphatic carbocycles. The van der Waals surface area contributed by atoms with E-state index in [1.807, 2.05) is 30.3 Å². The summed E-state index contributed by atoms with van der Waals surface area (Å²) in [5.74, 6) is -0.0982. The van der Waals surface area contributed by atoms with Crippen LogP contribution in [0.15, 0.2) is 53.4 Å². The molecule has 0 aliphatic heterocycles. The van der Waals surface area contributed by atoms with Gasteiger partial charge in [-0.15, -0.1) is 23.1 Å². The summed E-state index contributed by atoms with van der Waals surface area (Å²) in [7, 11) is 0. The third-order valence-corrected chi connectivity index (χ3v) is 5.04. The van der Waals surface area contributed by atoms with Crippen molar-refractivity contribution in [3.05, 3.63) is 59.1 Å². The Kier molecular flexibility index (Phi) is 3.71. The number of aromatic nitrogens is 1. The van der Waals surface area contributed by atoms with E-state index in [-0.39, 0.29) is 0 Å². The van der Waals surface area contributed by atoms with Gasteiger partial charge >= 0.3 is 5.97 Å². The molecule has 0 fully saturated rings. The highest BCUT2D eigenvalue weighted by atomic mass is 32.2. The molecule has 20 heavy (non-hydrogen) atoms. The van der Waals surface area contributed by atoms with Gasteiger partial charge in [0.15, 0.2) is 0 Å².